The van der Waals surface area contributed by atoms with E-state index in [9.17, 15) is 33.9 Å². The lowest BCUT2D eigenvalue weighted by Crippen LogP contribution is -2.59. The van der Waals surface area contributed by atoms with Gasteiger partial charge in [0.1, 0.15) is 11.7 Å². The Balaban J connectivity index is 2.50. The van der Waals surface area contributed by atoms with Gasteiger partial charge in [-0.1, -0.05) is 58.0 Å². The van der Waals surface area contributed by atoms with Crippen LogP contribution in [0.15, 0.2) is 54.1 Å². The van der Waals surface area contributed by atoms with Crippen molar-refractivity contribution in [3.05, 3.63) is 59.7 Å². The summed E-state index contributed by atoms with van der Waals surface area (Å²) in [5, 5.41) is 12.5. The second-order valence-electron chi connectivity index (χ2n) is 13.9. The molecule has 2 aliphatic rings. The van der Waals surface area contributed by atoms with Crippen molar-refractivity contribution in [2.45, 2.75) is 117 Å². The fraction of sp³-hybridized carbons (Fsp3) is 0.568. The molecular weight excluding hydrogens is 652 g/mol. The lowest BCUT2D eigenvalue weighted by molar-refractivity contribution is -0.207. The number of carbonyl (C=O) groups is 6. The molecule has 9 atom stereocenters. The van der Waals surface area contributed by atoms with Crippen LogP contribution in [0.1, 0.15) is 86.0 Å². The highest BCUT2D eigenvalue weighted by atomic mass is 16.6. The van der Waals surface area contributed by atoms with Gasteiger partial charge in [0.15, 0.2) is 30.0 Å². The van der Waals surface area contributed by atoms with Crippen molar-refractivity contribution in [2.75, 3.05) is 0 Å². The molecule has 50 heavy (non-hydrogen) atoms. The van der Waals surface area contributed by atoms with Crippen molar-refractivity contribution in [3.8, 4) is 0 Å². The Morgan fingerprint density at radius 1 is 0.700 bits per heavy atom. The van der Waals surface area contributed by atoms with Gasteiger partial charge in [0.2, 0.25) is 0 Å². The van der Waals surface area contributed by atoms with E-state index in [1.165, 1.54) is 26.8 Å². The molecule has 0 radical (unpaired) electrons. The average Bonchev–Trinajstić information content (AvgIpc) is 3.23. The molecule has 2 aliphatic carbocycles. The molecular formula is C37H48O13. The molecule has 0 saturated heterocycles. The summed E-state index contributed by atoms with van der Waals surface area (Å²) in [7, 11) is 0. The number of carbonyl (C=O) groups excluding carboxylic acids is 6. The highest BCUT2D eigenvalue weighted by Crippen LogP contribution is 2.51. The minimum Gasteiger partial charge on any atom is -0.458 e. The lowest BCUT2D eigenvalue weighted by Gasteiger charge is -2.45. The monoisotopic (exact) mass is 700 g/mol. The number of aliphatic hydroxyl groups is 1. The van der Waals surface area contributed by atoms with Crippen LogP contribution in [-0.2, 0) is 52.4 Å². The Hall–Kier alpha value is -4.52. The molecule has 274 valence electrons. The number of rotatable bonds is 7. The first-order valence-electron chi connectivity index (χ1n) is 16.4. The van der Waals surface area contributed by atoms with E-state index in [0.717, 1.165) is 20.8 Å². The third-order valence-corrected chi connectivity index (χ3v) is 8.81. The number of hydrogen-bond acceptors (Lipinski definition) is 13. The summed E-state index contributed by atoms with van der Waals surface area (Å²) >= 11 is 0. The Morgan fingerprint density at radius 3 is 1.74 bits per heavy atom. The van der Waals surface area contributed by atoms with E-state index in [4.69, 9.17) is 28.4 Å². The molecule has 1 fully saturated rings. The van der Waals surface area contributed by atoms with E-state index in [1.54, 1.807) is 70.2 Å². The summed E-state index contributed by atoms with van der Waals surface area (Å²) in [5.41, 5.74) is -5.09. The van der Waals surface area contributed by atoms with Crippen molar-refractivity contribution >= 4 is 35.8 Å². The SMILES string of the molecule is CC(=O)O[C@@H]1[C@@H](OC(C)=O)C(C)(C)/C=C\[C@H](C)[C@H](OC(C)=O)[C@@]2(OC(C)=O)C[C@H](C)[C@H](OC(=O)c3ccccc3)/C2=C/[C@@](C)(O)[C@@H]1OC(C)=O. The van der Waals surface area contributed by atoms with Gasteiger partial charge in [-0.2, -0.15) is 0 Å². The fourth-order valence-corrected chi connectivity index (χ4v) is 6.88. The van der Waals surface area contributed by atoms with E-state index >= 15 is 0 Å². The molecule has 0 unspecified atom stereocenters. The minimum absolute atomic E-state index is 0.0254. The highest BCUT2D eigenvalue weighted by molar-refractivity contribution is 5.89. The number of esters is 6. The first-order chi connectivity index (χ1) is 23.1. The van der Waals surface area contributed by atoms with Crippen molar-refractivity contribution in [3.63, 3.8) is 0 Å². The standard InChI is InChI=1S/C37H48O13/c1-20-16-17-35(8,9)32(47-24(5)40)30(45-22(3)38)33(48-25(6)41)36(10,44)19-28-29(49-34(43)27-14-12-11-13-15-27)21(2)18-37(28,50-26(7)42)31(20)46-23(4)39/h11-17,19-21,29-33,44H,18H2,1-10H3/b17-16-,28-19-/t20-,21-,29-,30+,31-,32+,33+,36+,37+/m0/s1. The smallest absolute Gasteiger partial charge is 0.338 e. The predicted molar refractivity (Wildman–Crippen MR) is 177 cm³/mol. The fourth-order valence-electron chi connectivity index (χ4n) is 6.88. The highest BCUT2D eigenvalue weighted by Gasteiger charge is 2.61. The maximum atomic E-state index is 13.5. The molecule has 13 heteroatoms. The summed E-state index contributed by atoms with van der Waals surface area (Å²) in [6.07, 6.45) is -2.61. The maximum absolute atomic E-state index is 13.5. The Bertz CT molecular complexity index is 1520. The summed E-state index contributed by atoms with van der Waals surface area (Å²) in [5.74, 6) is -5.97. The van der Waals surface area contributed by atoms with E-state index < -0.39 is 94.8 Å². The van der Waals surface area contributed by atoms with Gasteiger partial charge >= 0.3 is 35.8 Å². The Morgan fingerprint density at radius 2 is 1.22 bits per heavy atom. The van der Waals surface area contributed by atoms with Crippen LogP contribution in [0.3, 0.4) is 0 Å². The molecule has 0 aromatic heterocycles. The van der Waals surface area contributed by atoms with Crippen LogP contribution in [-0.4, -0.2) is 82.6 Å². The molecule has 13 nitrogen and oxygen atoms in total. The average molecular weight is 701 g/mol. The van der Waals surface area contributed by atoms with Gasteiger partial charge in [0.05, 0.1) is 5.56 Å². The summed E-state index contributed by atoms with van der Waals surface area (Å²) < 4.78 is 35.3. The number of benzene rings is 1. The second kappa shape index (κ2) is 15.6. The molecule has 0 aliphatic heterocycles. The molecule has 1 N–H and O–H groups in total. The minimum atomic E-state index is -2.32. The molecule has 0 amide bonds. The predicted octanol–water partition coefficient (Wildman–Crippen LogP) is 4.19. The zero-order valence-electron chi connectivity index (χ0n) is 30.2. The third-order valence-electron chi connectivity index (χ3n) is 8.81. The quantitative estimate of drug-likeness (QED) is 0.244. The molecule has 3 rings (SSSR count). The Kier molecular flexibility index (Phi) is 12.4. The third kappa shape index (κ3) is 9.17. The van der Waals surface area contributed by atoms with Crippen LogP contribution in [0.5, 0.6) is 0 Å². The van der Waals surface area contributed by atoms with Gasteiger partial charge in [-0.3, -0.25) is 24.0 Å². The number of fused-ring (bicyclic) bond motifs is 1. The van der Waals surface area contributed by atoms with Crippen LogP contribution >= 0.6 is 0 Å². The van der Waals surface area contributed by atoms with Crippen LogP contribution in [0.25, 0.3) is 0 Å². The van der Waals surface area contributed by atoms with E-state index in [0.29, 0.717) is 0 Å². The summed E-state index contributed by atoms with van der Waals surface area (Å²) in [4.78, 5) is 76.9. The molecule has 0 heterocycles. The van der Waals surface area contributed by atoms with Crippen LogP contribution in [0, 0.1) is 17.3 Å². The molecule has 0 spiro atoms. The lowest BCUT2D eigenvalue weighted by atomic mass is 9.74. The van der Waals surface area contributed by atoms with Gasteiger partial charge in [-0.05, 0) is 25.1 Å². The Labute approximate surface area is 292 Å². The second-order valence-corrected chi connectivity index (χ2v) is 13.9. The molecule has 0 bridgehead atoms. The summed E-state index contributed by atoms with van der Waals surface area (Å²) in [6.45, 7) is 13.8. The van der Waals surface area contributed by atoms with Crippen molar-refractivity contribution in [1.29, 1.82) is 0 Å². The van der Waals surface area contributed by atoms with Crippen molar-refractivity contribution in [1.82, 2.24) is 0 Å². The zero-order chi connectivity index (χ0) is 37.8. The normalized spacial score (nSPS) is 33.7. The first kappa shape index (κ1) is 39.9. The van der Waals surface area contributed by atoms with Crippen molar-refractivity contribution in [2.24, 2.45) is 17.3 Å². The molecule has 1 aromatic carbocycles. The van der Waals surface area contributed by atoms with Crippen LogP contribution in [0.4, 0.5) is 0 Å². The van der Waals surface area contributed by atoms with Gasteiger partial charge in [0.25, 0.3) is 0 Å². The van der Waals surface area contributed by atoms with E-state index in [1.807, 2.05) is 0 Å². The van der Waals surface area contributed by atoms with Crippen LogP contribution < -0.4 is 0 Å². The van der Waals surface area contributed by atoms with Gasteiger partial charge in [0, 0.05) is 63.9 Å². The molecule has 1 aromatic rings. The number of ether oxygens (including phenoxy) is 6. The van der Waals surface area contributed by atoms with E-state index in [-0.39, 0.29) is 17.6 Å². The number of hydrogen-bond donors (Lipinski definition) is 1. The maximum Gasteiger partial charge on any atom is 0.338 e. The first-order valence-corrected chi connectivity index (χ1v) is 16.4. The molecule has 1 saturated carbocycles. The zero-order valence-corrected chi connectivity index (χ0v) is 30.2. The van der Waals surface area contributed by atoms with Crippen molar-refractivity contribution < 1.29 is 62.3 Å². The largest absolute Gasteiger partial charge is 0.458 e. The van der Waals surface area contributed by atoms with E-state index in [2.05, 4.69) is 0 Å². The van der Waals surface area contributed by atoms with Gasteiger partial charge < -0.3 is 33.5 Å². The van der Waals surface area contributed by atoms with Gasteiger partial charge in [-0.25, -0.2) is 4.79 Å². The summed E-state index contributed by atoms with van der Waals surface area (Å²) in [6, 6.07) is 8.15. The van der Waals surface area contributed by atoms with Crippen LogP contribution in [0.2, 0.25) is 0 Å². The van der Waals surface area contributed by atoms with Gasteiger partial charge in [-0.15, -0.1) is 0 Å². The topological polar surface area (TPSA) is 178 Å².